The molecule has 0 bridgehead atoms. The van der Waals surface area contributed by atoms with Crippen molar-refractivity contribution < 1.29 is 4.79 Å². The molecule has 1 atom stereocenters. The van der Waals surface area contributed by atoms with E-state index in [1.165, 1.54) is 4.70 Å². The van der Waals surface area contributed by atoms with Crippen LogP contribution in [0.25, 0.3) is 10.2 Å². The van der Waals surface area contributed by atoms with Crippen LogP contribution < -0.4 is 5.32 Å². The number of thiazole rings is 1. The van der Waals surface area contributed by atoms with Gasteiger partial charge >= 0.3 is 0 Å². The molecule has 0 saturated carbocycles. The average Bonchev–Trinajstić information content (AvgIpc) is 3.32. The van der Waals surface area contributed by atoms with Crippen molar-refractivity contribution >= 4 is 50.8 Å². The Morgan fingerprint density at radius 3 is 2.76 bits per heavy atom. The number of rotatable bonds is 7. The molecule has 4 aromatic rings. The van der Waals surface area contributed by atoms with Crippen LogP contribution in [0.2, 0.25) is 5.02 Å². The minimum Gasteiger partial charge on any atom is -0.341 e. The van der Waals surface area contributed by atoms with Crippen LogP contribution in [-0.2, 0) is 17.6 Å². The van der Waals surface area contributed by atoms with E-state index < -0.39 is 0 Å². The molecule has 0 aliphatic heterocycles. The normalized spacial score (nSPS) is 12.2. The number of nitrogens with one attached hydrogen (secondary N) is 1. The molecule has 0 aliphatic rings. The van der Waals surface area contributed by atoms with E-state index in [2.05, 4.69) is 21.4 Å². The second kappa shape index (κ2) is 8.98. The summed E-state index contributed by atoms with van der Waals surface area (Å²) in [5, 5.41) is 4.79. The number of nitrogens with zero attached hydrogens (tertiary/aromatic N) is 3. The fraction of sp³-hybridized carbons (Fsp3) is 0.190. The van der Waals surface area contributed by atoms with E-state index in [-0.39, 0.29) is 11.9 Å². The van der Waals surface area contributed by atoms with E-state index in [0.717, 1.165) is 21.9 Å². The van der Waals surface area contributed by atoms with Crippen molar-refractivity contribution in [2.45, 2.75) is 11.8 Å². The summed E-state index contributed by atoms with van der Waals surface area (Å²) in [7, 11) is 1.92. The van der Waals surface area contributed by atoms with E-state index in [1.54, 1.807) is 29.3 Å². The number of para-hydroxylation sites is 1. The van der Waals surface area contributed by atoms with Gasteiger partial charge in [-0.05, 0) is 29.8 Å². The van der Waals surface area contributed by atoms with Gasteiger partial charge in [0.05, 0.1) is 16.0 Å². The second-order valence-corrected chi connectivity index (χ2v) is 9.05. The van der Waals surface area contributed by atoms with E-state index in [4.69, 9.17) is 11.6 Å². The van der Waals surface area contributed by atoms with Crippen LogP contribution in [0, 0.1) is 0 Å². The number of hydrogen-bond donors (Lipinski definition) is 1. The van der Waals surface area contributed by atoms with Gasteiger partial charge in [-0.1, -0.05) is 35.9 Å². The van der Waals surface area contributed by atoms with Gasteiger partial charge in [0.1, 0.15) is 16.9 Å². The first-order valence-corrected chi connectivity index (χ1v) is 11.4. The first-order chi connectivity index (χ1) is 14.1. The predicted molar refractivity (Wildman–Crippen MR) is 120 cm³/mol. The number of benzene rings is 2. The molecule has 29 heavy (non-hydrogen) atoms. The maximum Gasteiger partial charge on any atom is 0.230 e. The molecule has 8 heteroatoms. The first-order valence-electron chi connectivity index (χ1n) is 9.04. The van der Waals surface area contributed by atoms with Gasteiger partial charge in [0.25, 0.3) is 0 Å². The highest BCUT2D eigenvalue weighted by Gasteiger charge is 2.20. The number of imidazole rings is 1. The maximum atomic E-state index is 12.7. The number of carbonyl (C=O) groups is 1. The zero-order valence-electron chi connectivity index (χ0n) is 15.7. The molecule has 2 aromatic heterocycles. The van der Waals surface area contributed by atoms with Gasteiger partial charge in [-0.3, -0.25) is 4.79 Å². The maximum absolute atomic E-state index is 12.7. The Morgan fingerprint density at radius 2 is 2.03 bits per heavy atom. The van der Waals surface area contributed by atoms with Gasteiger partial charge in [-0.2, -0.15) is 0 Å². The highest BCUT2D eigenvalue weighted by Crippen LogP contribution is 2.25. The molecule has 4 rings (SSSR count). The Bertz CT molecular complexity index is 1090. The summed E-state index contributed by atoms with van der Waals surface area (Å²) >= 11 is 9.25. The molecular weight excluding hydrogens is 424 g/mol. The zero-order valence-corrected chi connectivity index (χ0v) is 18.1. The number of aryl methyl sites for hydroxylation is 1. The summed E-state index contributed by atoms with van der Waals surface area (Å²) in [6.07, 6.45) is 3.60. The lowest BCUT2D eigenvalue weighted by molar-refractivity contribution is -0.119. The number of carbonyl (C=O) groups excluding carboxylic acids is 1. The second-order valence-electron chi connectivity index (χ2n) is 6.52. The Labute approximate surface area is 182 Å². The summed E-state index contributed by atoms with van der Waals surface area (Å²) < 4.78 is 3.08. The Balaban J connectivity index is 1.41. The number of hydrogen-bond acceptors (Lipinski definition) is 5. The lowest BCUT2D eigenvalue weighted by Gasteiger charge is -2.19. The minimum atomic E-state index is -0.331. The fourth-order valence-electron chi connectivity index (χ4n) is 3.02. The van der Waals surface area contributed by atoms with E-state index >= 15 is 0 Å². The van der Waals surface area contributed by atoms with Crippen molar-refractivity contribution in [1.29, 1.82) is 0 Å². The van der Waals surface area contributed by atoms with E-state index in [0.29, 0.717) is 16.5 Å². The first kappa shape index (κ1) is 19.9. The molecule has 1 N–H and O–H groups in total. The van der Waals surface area contributed by atoms with Crippen LogP contribution in [-0.4, -0.2) is 26.2 Å². The highest BCUT2D eigenvalue weighted by molar-refractivity contribution is 7.99. The summed E-state index contributed by atoms with van der Waals surface area (Å²) in [5.41, 5.74) is 1.95. The van der Waals surface area contributed by atoms with Gasteiger partial charge in [-0.15, -0.1) is 23.1 Å². The van der Waals surface area contributed by atoms with Crippen LogP contribution in [0.3, 0.4) is 0 Å². The number of amides is 1. The van der Waals surface area contributed by atoms with Gasteiger partial charge in [0, 0.05) is 30.2 Å². The van der Waals surface area contributed by atoms with Crippen molar-refractivity contribution in [3.63, 3.8) is 0 Å². The molecule has 0 radical (unpaired) electrons. The molecule has 1 amide bonds. The topological polar surface area (TPSA) is 59.8 Å². The molecule has 0 unspecified atom stereocenters. The smallest absolute Gasteiger partial charge is 0.230 e. The summed E-state index contributed by atoms with van der Waals surface area (Å²) in [5.74, 6) is 1.79. The molecular formula is C21H19ClN4OS2. The Morgan fingerprint density at radius 1 is 1.24 bits per heavy atom. The third-order valence-corrected chi connectivity index (χ3v) is 6.84. The molecule has 0 saturated heterocycles. The van der Waals surface area contributed by atoms with Crippen LogP contribution in [0.5, 0.6) is 0 Å². The van der Waals surface area contributed by atoms with Crippen molar-refractivity contribution in [2.75, 3.05) is 5.75 Å². The van der Waals surface area contributed by atoms with E-state index in [9.17, 15) is 4.79 Å². The van der Waals surface area contributed by atoms with Gasteiger partial charge in [0.15, 0.2) is 0 Å². The van der Waals surface area contributed by atoms with Crippen LogP contribution >= 0.6 is 34.7 Å². The van der Waals surface area contributed by atoms with Crippen LogP contribution in [0.1, 0.15) is 22.4 Å². The summed E-state index contributed by atoms with van der Waals surface area (Å²) in [6.45, 7) is 0. The lowest BCUT2D eigenvalue weighted by atomic mass is 10.1. The largest absolute Gasteiger partial charge is 0.341 e. The monoisotopic (exact) mass is 442 g/mol. The fourth-order valence-corrected chi connectivity index (χ4v) is 5.01. The number of thioether (sulfide) groups is 1. The predicted octanol–water partition coefficient (Wildman–Crippen LogP) is 4.82. The van der Waals surface area contributed by atoms with Crippen molar-refractivity contribution in [3.05, 3.63) is 82.3 Å². The van der Waals surface area contributed by atoms with Crippen molar-refractivity contribution in [3.8, 4) is 0 Å². The van der Waals surface area contributed by atoms with Gasteiger partial charge in [-0.25, -0.2) is 9.97 Å². The molecule has 2 heterocycles. The molecule has 148 valence electrons. The van der Waals surface area contributed by atoms with Crippen molar-refractivity contribution in [2.24, 2.45) is 7.05 Å². The Hall–Kier alpha value is -2.35. The minimum absolute atomic E-state index is 0.0425. The molecule has 0 aliphatic carbocycles. The zero-order chi connectivity index (χ0) is 20.2. The van der Waals surface area contributed by atoms with Crippen LogP contribution in [0.15, 0.2) is 60.9 Å². The summed E-state index contributed by atoms with van der Waals surface area (Å²) in [6, 6.07) is 15.2. The SMILES string of the molecule is Cn1ccnc1[C@@H](NC(=O)CSCc1nc2ccccc2s1)c1ccc(Cl)cc1. The summed E-state index contributed by atoms with van der Waals surface area (Å²) in [4.78, 5) is 21.7. The number of halogens is 1. The molecule has 2 aromatic carbocycles. The third-order valence-electron chi connectivity index (χ3n) is 4.42. The quantitative estimate of drug-likeness (QED) is 0.445. The van der Waals surface area contributed by atoms with Gasteiger partial charge in [0.2, 0.25) is 5.91 Å². The Kier molecular flexibility index (Phi) is 6.18. The standard InChI is InChI=1S/C21H19ClN4OS2/c1-26-11-10-23-21(26)20(14-6-8-15(22)9-7-14)25-18(27)12-28-13-19-24-16-4-2-3-5-17(16)29-19/h2-11,20H,12-13H2,1H3,(H,25,27)/t20-/m0/s1. The molecule has 5 nitrogen and oxygen atoms in total. The molecule has 0 spiro atoms. The molecule has 0 fully saturated rings. The van der Waals surface area contributed by atoms with E-state index in [1.807, 2.05) is 60.3 Å². The van der Waals surface area contributed by atoms with Crippen LogP contribution in [0.4, 0.5) is 0 Å². The number of aromatic nitrogens is 3. The highest BCUT2D eigenvalue weighted by atomic mass is 35.5. The van der Waals surface area contributed by atoms with Gasteiger partial charge < -0.3 is 9.88 Å². The average molecular weight is 443 g/mol. The number of fused-ring (bicyclic) bond motifs is 1. The third kappa shape index (κ3) is 4.80. The van der Waals surface area contributed by atoms with Crippen molar-refractivity contribution in [1.82, 2.24) is 19.9 Å². The lowest BCUT2D eigenvalue weighted by Crippen LogP contribution is -2.32.